The number of guanidine groups is 1. The van der Waals surface area contributed by atoms with Gasteiger partial charge in [0, 0.05) is 44.8 Å². The van der Waals surface area contributed by atoms with E-state index in [0.29, 0.717) is 23.8 Å². The van der Waals surface area contributed by atoms with Crippen molar-refractivity contribution in [2.24, 2.45) is 4.99 Å². The molecule has 1 aliphatic heterocycles. The van der Waals surface area contributed by atoms with E-state index in [4.69, 9.17) is 19.2 Å². The zero-order chi connectivity index (χ0) is 22.1. The van der Waals surface area contributed by atoms with Crippen molar-refractivity contribution in [3.8, 4) is 17.2 Å². The number of piperazine rings is 1. The van der Waals surface area contributed by atoms with Crippen LogP contribution in [-0.2, 0) is 13.1 Å². The lowest BCUT2D eigenvalue weighted by molar-refractivity contribution is 0.172. The highest BCUT2D eigenvalue weighted by atomic mass is 16.5. The minimum atomic E-state index is 0.496. The fraction of sp³-hybridized carbons (Fsp3) is 0.458. The Balaban J connectivity index is 1.67. The summed E-state index contributed by atoms with van der Waals surface area (Å²) in [5, 5.41) is 3.44. The van der Waals surface area contributed by atoms with Gasteiger partial charge in [-0.1, -0.05) is 30.3 Å². The van der Waals surface area contributed by atoms with Crippen molar-refractivity contribution in [2.45, 2.75) is 20.0 Å². The number of methoxy groups -OCH3 is 3. The lowest BCUT2D eigenvalue weighted by Gasteiger charge is -2.36. The minimum Gasteiger partial charge on any atom is -0.493 e. The third kappa shape index (κ3) is 5.82. The first-order valence-electron chi connectivity index (χ1n) is 10.8. The second-order valence-corrected chi connectivity index (χ2v) is 7.41. The fourth-order valence-electron chi connectivity index (χ4n) is 3.83. The molecule has 31 heavy (non-hydrogen) atoms. The van der Waals surface area contributed by atoms with Gasteiger partial charge in [0.2, 0.25) is 5.75 Å². The van der Waals surface area contributed by atoms with Gasteiger partial charge in [0.15, 0.2) is 17.5 Å². The van der Waals surface area contributed by atoms with Crippen molar-refractivity contribution >= 4 is 5.96 Å². The van der Waals surface area contributed by atoms with E-state index >= 15 is 0 Å². The molecule has 0 aromatic heterocycles. The molecular formula is C24H34N4O3. The molecule has 7 heteroatoms. The van der Waals surface area contributed by atoms with E-state index in [-0.39, 0.29) is 0 Å². The predicted octanol–water partition coefficient (Wildman–Crippen LogP) is 3.00. The number of ether oxygens (including phenoxy) is 3. The van der Waals surface area contributed by atoms with E-state index in [1.807, 2.05) is 12.1 Å². The Bertz CT molecular complexity index is 849. The second-order valence-electron chi connectivity index (χ2n) is 7.41. The summed E-state index contributed by atoms with van der Waals surface area (Å²) in [4.78, 5) is 9.72. The monoisotopic (exact) mass is 426 g/mol. The highest BCUT2D eigenvalue weighted by Crippen LogP contribution is 2.40. The molecule has 1 N–H and O–H groups in total. The third-order valence-electron chi connectivity index (χ3n) is 5.44. The number of rotatable bonds is 8. The summed E-state index contributed by atoms with van der Waals surface area (Å²) < 4.78 is 16.5. The Kier molecular flexibility index (Phi) is 8.41. The van der Waals surface area contributed by atoms with E-state index in [9.17, 15) is 0 Å². The van der Waals surface area contributed by atoms with Gasteiger partial charge in [-0.3, -0.25) is 4.90 Å². The van der Waals surface area contributed by atoms with Crippen molar-refractivity contribution < 1.29 is 14.2 Å². The standard InChI is InChI=1S/C24H34N4O3/c1-5-25-24(26-17-20-11-12-21(29-2)23(31-4)22(20)30-3)28-15-13-27(14-16-28)18-19-9-7-6-8-10-19/h6-12H,5,13-18H2,1-4H3,(H,25,26). The van der Waals surface area contributed by atoms with Crippen LogP contribution in [0.1, 0.15) is 18.1 Å². The summed E-state index contributed by atoms with van der Waals surface area (Å²) in [6.07, 6.45) is 0. The van der Waals surface area contributed by atoms with Gasteiger partial charge in [-0.05, 0) is 24.6 Å². The van der Waals surface area contributed by atoms with Gasteiger partial charge >= 0.3 is 0 Å². The van der Waals surface area contributed by atoms with Gasteiger partial charge in [-0.2, -0.15) is 0 Å². The van der Waals surface area contributed by atoms with E-state index in [1.54, 1.807) is 21.3 Å². The molecular weight excluding hydrogens is 392 g/mol. The number of aliphatic imine (C=N–C) groups is 1. The largest absolute Gasteiger partial charge is 0.493 e. The molecule has 0 aliphatic carbocycles. The van der Waals surface area contributed by atoms with Crippen LogP contribution in [0.2, 0.25) is 0 Å². The molecule has 1 fully saturated rings. The predicted molar refractivity (Wildman–Crippen MR) is 124 cm³/mol. The van der Waals surface area contributed by atoms with Gasteiger partial charge in [0.1, 0.15) is 0 Å². The number of nitrogens with zero attached hydrogens (tertiary/aromatic N) is 3. The quantitative estimate of drug-likeness (QED) is 0.517. The highest BCUT2D eigenvalue weighted by molar-refractivity contribution is 5.80. The van der Waals surface area contributed by atoms with Gasteiger partial charge in [-0.15, -0.1) is 0 Å². The van der Waals surface area contributed by atoms with Crippen LogP contribution in [-0.4, -0.2) is 69.8 Å². The molecule has 2 aromatic rings. The van der Waals surface area contributed by atoms with E-state index in [1.165, 1.54) is 5.56 Å². The Morgan fingerprint density at radius 2 is 1.61 bits per heavy atom. The normalized spacial score (nSPS) is 15.0. The molecule has 0 saturated carbocycles. The Morgan fingerprint density at radius 1 is 0.903 bits per heavy atom. The summed E-state index contributed by atoms with van der Waals surface area (Å²) in [7, 11) is 4.88. The first-order valence-corrected chi connectivity index (χ1v) is 10.8. The molecule has 1 heterocycles. The summed E-state index contributed by atoms with van der Waals surface area (Å²) in [5.74, 6) is 2.83. The molecule has 0 bridgehead atoms. The maximum absolute atomic E-state index is 5.60. The lowest BCUT2D eigenvalue weighted by Crippen LogP contribution is -2.52. The highest BCUT2D eigenvalue weighted by Gasteiger charge is 2.20. The number of nitrogens with one attached hydrogen (secondary N) is 1. The molecule has 2 aromatic carbocycles. The van der Waals surface area contributed by atoms with E-state index < -0.39 is 0 Å². The van der Waals surface area contributed by atoms with Crippen molar-refractivity contribution in [2.75, 3.05) is 54.1 Å². The van der Waals surface area contributed by atoms with Gasteiger partial charge < -0.3 is 24.4 Å². The molecule has 7 nitrogen and oxygen atoms in total. The van der Waals surface area contributed by atoms with Crippen LogP contribution in [0, 0.1) is 0 Å². The van der Waals surface area contributed by atoms with Crippen LogP contribution in [0.15, 0.2) is 47.5 Å². The van der Waals surface area contributed by atoms with Crippen LogP contribution >= 0.6 is 0 Å². The summed E-state index contributed by atoms with van der Waals surface area (Å²) in [6.45, 7) is 8.33. The van der Waals surface area contributed by atoms with Gasteiger partial charge in [-0.25, -0.2) is 4.99 Å². The van der Waals surface area contributed by atoms with Crippen molar-refractivity contribution in [3.63, 3.8) is 0 Å². The zero-order valence-corrected chi connectivity index (χ0v) is 19.1. The molecule has 0 atom stereocenters. The number of hydrogen-bond donors (Lipinski definition) is 1. The maximum Gasteiger partial charge on any atom is 0.203 e. The summed E-state index contributed by atoms with van der Waals surface area (Å²) >= 11 is 0. The van der Waals surface area contributed by atoms with Crippen molar-refractivity contribution in [1.29, 1.82) is 0 Å². The molecule has 0 amide bonds. The first-order chi connectivity index (χ1) is 15.2. The smallest absolute Gasteiger partial charge is 0.203 e. The van der Waals surface area contributed by atoms with E-state index in [0.717, 1.165) is 50.8 Å². The van der Waals surface area contributed by atoms with Crippen LogP contribution < -0.4 is 19.5 Å². The average molecular weight is 427 g/mol. The summed E-state index contributed by atoms with van der Waals surface area (Å²) in [5.41, 5.74) is 2.32. The second kappa shape index (κ2) is 11.5. The average Bonchev–Trinajstić information content (AvgIpc) is 2.82. The van der Waals surface area contributed by atoms with Crippen molar-refractivity contribution in [1.82, 2.24) is 15.1 Å². The van der Waals surface area contributed by atoms with Crippen LogP contribution in [0.4, 0.5) is 0 Å². The SMILES string of the molecule is CCNC(=NCc1ccc(OC)c(OC)c1OC)N1CCN(Cc2ccccc2)CC1. The number of hydrogen-bond acceptors (Lipinski definition) is 5. The molecule has 0 spiro atoms. The van der Waals surface area contributed by atoms with Gasteiger partial charge in [0.25, 0.3) is 0 Å². The molecule has 1 saturated heterocycles. The maximum atomic E-state index is 5.60. The van der Waals surface area contributed by atoms with Crippen LogP contribution in [0.5, 0.6) is 17.2 Å². The third-order valence-corrected chi connectivity index (χ3v) is 5.44. The molecule has 0 radical (unpaired) electrons. The van der Waals surface area contributed by atoms with E-state index in [2.05, 4.69) is 52.4 Å². The number of benzene rings is 2. The lowest BCUT2D eigenvalue weighted by atomic mass is 10.1. The Morgan fingerprint density at radius 3 is 2.23 bits per heavy atom. The van der Waals surface area contributed by atoms with Crippen LogP contribution in [0.3, 0.4) is 0 Å². The Hall–Kier alpha value is -2.93. The topological polar surface area (TPSA) is 58.6 Å². The van der Waals surface area contributed by atoms with Crippen molar-refractivity contribution in [3.05, 3.63) is 53.6 Å². The Labute approximate surface area is 185 Å². The van der Waals surface area contributed by atoms with Gasteiger partial charge in [0.05, 0.1) is 27.9 Å². The molecule has 168 valence electrons. The van der Waals surface area contributed by atoms with Crippen LogP contribution in [0.25, 0.3) is 0 Å². The molecule has 3 rings (SSSR count). The first kappa shape index (κ1) is 22.7. The zero-order valence-electron chi connectivity index (χ0n) is 19.1. The summed E-state index contributed by atoms with van der Waals surface area (Å²) in [6, 6.07) is 14.5. The molecule has 0 unspecified atom stereocenters. The minimum absolute atomic E-state index is 0.496. The molecule has 1 aliphatic rings. The fourth-order valence-corrected chi connectivity index (χ4v) is 3.83.